The summed E-state index contributed by atoms with van der Waals surface area (Å²) in [5.41, 5.74) is -1.03. The van der Waals surface area contributed by atoms with Crippen molar-refractivity contribution in [3.05, 3.63) is 32.6 Å². The third kappa shape index (κ3) is 2.47. The Balaban J connectivity index is 2.25. The SMILES string of the molecule is CC1CCC(Cn2cc(C#N)c(=O)[nH]c2=O)C1. The smallest absolute Gasteiger partial charge is 0.299 e. The second-order valence-electron chi connectivity index (χ2n) is 4.85. The molecular weight excluding hydrogens is 218 g/mol. The van der Waals surface area contributed by atoms with Crippen LogP contribution in [0.25, 0.3) is 0 Å². The number of aromatic nitrogens is 2. The number of hydrogen-bond acceptors (Lipinski definition) is 3. The normalized spacial score (nSPS) is 23.5. The van der Waals surface area contributed by atoms with Crippen molar-refractivity contribution in [3.63, 3.8) is 0 Å². The van der Waals surface area contributed by atoms with Crippen LogP contribution in [0.5, 0.6) is 0 Å². The molecule has 2 atom stereocenters. The third-order valence-corrected chi connectivity index (χ3v) is 3.39. The molecule has 0 aromatic carbocycles. The zero-order valence-electron chi connectivity index (χ0n) is 9.77. The molecule has 1 aromatic rings. The first-order chi connectivity index (χ1) is 8.10. The van der Waals surface area contributed by atoms with Gasteiger partial charge in [0.05, 0.1) is 0 Å². The molecule has 1 saturated carbocycles. The summed E-state index contributed by atoms with van der Waals surface area (Å²) < 4.78 is 1.45. The van der Waals surface area contributed by atoms with Crippen molar-refractivity contribution in [2.45, 2.75) is 32.7 Å². The molecule has 0 bridgehead atoms. The van der Waals surface area contributed by atoms with Gasteiger partial charge in [0.1, 0.15) is 11.6 Å². The molecule has 1 fully saturated rings. The van der Waals surface area contributed by atoms with Gasteiger partial charge in [0.2, 0.25) is 0 Å². The van der Waals surface area contributed by atoms with Crippen LogP contribution >= 0.6 is 0 Å². The van der Waals surface area contributed by atoms with E-state index >= 15 is 0 Å². The first-order valence-corrected chi connectivity index (χ1v) is 5.84. The number of rotatable bonds is 2. The second kappa shape index (κ2) is 4.58. The molecule has 5 heteroatoms. The van der Waals surface area contributed by atoms with E-state index in [-0.39, 0.29) is 5.56 Å². The zero-order valence-corrected chi connectivity index (χ0v) is 9.77. The lowest BCUT2D eigenvalue weighted by atomic mass is 10.1. The second-order valence-corrected chi connectivity index (χ2v) is 4.85. The van der Waals surface area contributed by atoms with E-state index in [2.05, 4.69) is 11.9 Å². The first kappa shape index (κ1) is 11.6. The Labute approximate surface area is 98.7 Å². The molecule has 17 heavy (non-hydrogen) atoms. The number of hydrogen-bond donors (Lipinski definition) is 1. The van der Waals surface area contributed by atoms with Gasteiger partial charge in [-0.15, -0.1) is 0 Å². The van der Waals surface area contributed by atoms with Gasteiger partial charge >= 0.3 is 5.69 Å². The van der Waals surface area contributed by atoms with E-state index in [0.29, 0.717) is 18.4 Å². The lowest BCUT2D eigenvalue weighted by molar-refractivity contribution is 0.428. The Hall–Kier alpha value is -1.83. The quantitative estimate of drug-likeness (QED) is 0.822. The van der Waals surface area contributed by atoms with Crippen LogP contribution < -0.4 is 11.2 Å². The Morgan fingerprint density at radius 3 is 2.88 bits per heavy atom. The number of aromatic amines is 1. The molecule has 1 N–H and O–H groups in total. The summed E-state index contributed by atoms with van der Waals surface area (Å²) in [5, 5.41) is 8.75. The van der Waals surface area contributed by atoms with Gasteiger partial charge in [-0.1, -0.05) is 13.3 Å². The summed E-state index contributed by atoms with van der Waals surface area (Å²) in [4.78, 5) is 25.0. The highest BCUT2D eigenvalue weighted by atomic mass is 16.2. The number of nitrogens with one attached hydrogen (secondary N) is 1. The van der Waals surface area contributed by atoms with Crippen LogP contribution in [0.15, 0.2) is 15.8 Å². The molecular formula is C12H15N3O2. The highest BCUT2D eigenvalue weighted by Crippen LogP contribution is 2.30. The summed E-state index contributed by atoms with van der Waals surface area (Å²) in [6.07, 6.45) is 4.76. The van der Waals surface area contributed by atoms with Gasteiger partial charge < -0.3 is 0 Å². The molecule has 0 spiro atoms. The van der Waals surface area contributed by atoms with Crippen LogP contribution in [0.2, 0.25) is 0 Å². The molecule has 0 radical (unpaired) electrons. The van der Waals surface area contributed by atoms with Gasteiger partial charge in [0.25, 0.3) is 5.56 Å². The summed E-state index contributed by atoms with van der Waals surface area (Å²) in [6.45, 7) is 2.80. The maximum Gasteiger partial charge on any atom is 0.328 e. The van der Waals surface area contributed by atoms with Crippen LogP contribution in [0.4, 0.5) is 0 Å². The largest absolute Gasteiger partial charge is 0.328 e. The molecule has 0 amide bonds. The van der Waals surface area contributed by atoms with Crippen molar-refractivity contribution >= 4 is 0 Å². The molecule has 1 aliphatic rings. The highest BCUT2D eigenvalue weighted by molar-refractivity contribution is 5.21. The zero-order chi connectivity index (χ0) is 12.4. The van der Waals surface area contributed by atoms with Crippen molar-refractivity contribution < 1.29 is 0 Å². The van der Waals surface area contributed by atoms with Crippen LogP contribution in [0.1, 0.15) is 31.7 Å². The van der Waals surface area contributed by atoms with E-state index in [4.69, 9.17) is 5.26 Å². The predicted octanol–water partition coefficient (Wildman–Crippen LogP) is 0.844. The maximum atomic E-state index is 11.6. The van der Waals surface area contributed by atoms with Crippen LogP contribution in [-0.2, 0) is 6.54 Å². The summed E-state index contributed by atoms with van der Waals surface area (Å²) in [7, 11) is 0. The number of H-pyrrole nitrogens is 1. The Morgan fingerprint density at radius 1 is 1.53 bits per heavy atom. The summed E-state index contributed by atoms with van der Waals surface area (Å²) in [6, 6.07) is 1.79. The Kier molecular flexibility index (Phi) is 3.14. The average Bonchev–Trinajstić information content (AvgIpc) is 2.68. The van der Waals surface area contributed by atoms with Crippen molar-refractivity contribution in [2.24, 2.45) is 11.8 Å². The van der Waals surface area contributed by atoms with Crippen molar-refractivity contribution in [1.82, 2.24) is 9.55 Å². The van der Waals surface area contributed by atoms with E-state index < -0.39 is 11.2 Å². The fourth-order valence-electron chi connectivity index (χ4n) is 2.49. The van der Waals surface area contributed by atoms with E-state index in [0.717, 1.165) is 12.8 Å². The van der Waals surface area contributed by atoms with Crippen LogP contribution in [0, 0.1) is 23.2 Å². The molecule has 1 heterocycles. The van der Waals surface area contributed by atoms with E-state index in [1.165, 1.54) is 17.2 Å². The van der Waals surface area contributed by atoms with Gasteiger partial charge in [-0.05, 0) is 24.7 Å². The Bertz CT molecular complexity index is 564. The minimum Gasteiger partial charge on any atom is -0.299 e. The molecule has 5 nitrogen and oxygen atoms in total. The molecule has 90 valence electrons. The fourth-order valence-corrected chi connectivity index (χ4v) is 2.49. The monoisotopic (exact) mass is 233 g/mol. The molecule has 0 aliphatic heterocycles. The number of nitriles is 1. The lowest BCUT2D eigenvalue weighted by Gasteiger charge is -2.11. The van der Waals surface area contributed by atoms with E-state index in [1.807, 2.05) is 0 Å². The first-order valence-electron chi connectivity index (χ1n) is 5.84. The van der Waals surface area contributed by atoms with Gasteiger partial charge in [0, 0.05) is 12.7 Å². The molecule has 1 aliphatic carbocycles. The van der Waals surface area contributed by atoms with Gasteiger partial charge in [0.15, 0.2) is 0 Å². The van der Waals surface area contributed by atoms with Gasteiger partial charge in [-0.25, -0.2) is 4.79 Å². The topological polar surface area (TPSA) is 78.7 Å². The average molecular weight is 233 g/mol. The summed E-state index contributed by atoms with van der Waals surface area (Å²) in [5.74, 6) is 1.18. The van der Waals surface area contributed by atoms with Crippen molar-refractivity contribution in [2.75, 3.05) is 0 Å². The van der Waals surface area contributed by atoms with E-state index in [9.17, 15) is 9.59 Å². The highest BCUT2D eigenvalue weighted by Gasteiger charge is 2.22. The molecule has 2 unspecified atom stereocenters. The minimum atomic E-state index is -0.603. The maximum absolute atomic E-state index is 11.6. The predicted molar refractivity (Wildman–Crippen MR) is 62.5 cm³/mol. The van der Waals surface area contributed by atoms with Crippen molar-refractivity contribution in [3.8, 4) is 6.07 Å². The fraction of sp³-hybridized carbons (Fsp3) is 0.583. The molecule has 0 saturated heterocycles. The standard InChI is InChI=1S/C12H15N3O2/c1-8-2-3-9(4-8)6-15-7-10(5-13)11(16)14-12(15)17/h7-9H,2-4,6H2,1H3,(H,14,16,17). The lowest BCUT2D eigenvalue weighted by Crippen LogP contribution is -2.32. The van der Waals surface area contributed by atoms with E-state index in [1.54, 1.807) is 6.07 Å². The number of nitrogens with zero attached hydrogens (tertiary/aromatic N) is 2. The van der Waals surface area contributed by atoms with Crippen LogP contribution in [-0.4, -0.2) is 9.55 Å². The minimum absolute atomic E-state index is 0.00403. The van der Waals surface area contributed by atoms with Crippen molar-refractivity contribution in [1.29, 1.82) is 5.26 Å². The summed E-state index contributed by atoms with van der Waals surface area (Å²) >= 11 is 0. The molecule has 2 rings (SSSR count). The van der Waals surface area contributed by atoms with Gasteiger partial charge in [-0.2, -0.15) is 5.26 Å². The molecule has 1 aromatic heterocycles. The Morgan fingerprint density at radius 2 is 2.29 bits per heavy atom. The van der Waals surface area contributed by atoms with Crippen LogP contribution in [0.3, 0.4) is 0 Å². The van der Waals surface area contributed by atoms with Gasteiger partial charge in [-0.3, -0.25) is 14.3 Å². The third-order valence-electron chi connectivity index (χ3n) is 3.39.